The molecule has 5 nitrogen and oxygen atoms in total. The Balaban J connectivity index is 0.00000131. The smallest absolute Gasteiger partial charge is 0.225 e. The Morgan fingerprint density at radius 2 is 1.70 bits per heavy atom. The molecule has 2 aliphatic carbocycles. The van der Waals surface area contributed by atoms with Gasteiger partial charge in [0, 0.05) is 44.3 Å². The van der Waals surface area contributed by atoms with Crippen LogP contribution in [0.15, 0.2) is 18.3 Å². The summed E-state index contributed by atoms with van der Waals surface area (Å²) in [7, 11) is 0. The first-order valence-corrected chi connectivity index (χ1v) is 9.90. The number of carbonyl (C=O) groups is 1. The van der Waals surface area contributed by atoms with Crippen LogP contribution in [0.3, 0.4) is 0 Å². The third kappa shape index (κ3) is 4.81. The zero-order valence-corrected chi connectivity index (χ0v) is 17.8. The van der Waals surface area contributed by atoms with Crippen molar-refractivity contribution in [3.8, 4) is 0 Å². The van der Waals surface area contributed by atoms with Crippen LogP contribution in [0.1, 0.15) is 32.1 Å². The van der Waals surface area contributed by atoms with Crippen LogP contribution in [-0.4, -0.2) is 48.0 Å². The minimum absolute atomic E-state index is 0. The Morgan fingerprint density at radius 3 is 2.26 bits per heavy atom. The number of nitrogens with two attached hydrogens (primary N) is 1. The standard InChI is InChI=1S/C19H27ClN4O.2ClH/c20-16-4-5-17(22-12-16)23-6-8-24(9-7-23)19(25)15-10-13-2-1-3-14(11-15)18(13)21;;/h4-5,12-15,18H,1-3,6-11,21H2;2*1H. The first kappa shape index (κ1) is 22.5. The lowest BCUT2D eigenvalue weighted by Gasteiger charge is -2.45. The molecule has 3 fully saturated rings. The van der Waals surface area contributed by atoms with Crippen LogP contribution in [0.4, 0.5) is 5.82 Å². The molecule has 27 heavy (non-hydrogen) atoms. The molecule has 1 aliphatic heterocycles. The molecule has 0 aromatic carbocycles. The molecule has 0 radical (unpaired) electrons. The molecule has 2 bridgehead atoms. The van der Waals surface area contributed by atoms with Gasteiger partial charge in [-0.15, -0.1) is 24.8 Å². The van der Waals surface area contributed by atoms with Gasteiger partial charge in [-0.25, -0.2) is 4.98 Å². The number of pyridine rings is 1. The van der Waals surface area contributed by atoms with E-state index in [-0.39, 0.29) is 30.7 Å². The number of rotatable bonds is 2. The van der Waals surface area contributed by atoms with Crippen molar-refractivity contribution in [1.82, 2.24) is 9.88 Å². The lowest BCUT2D eigenvalue weighted by molar-refractivity contribution is -0.138. The molecule has 0 spiro atoms. The van der Waals surface area contributed by atoms with Crippen molar-refractivity contribution in [2.24, 2.45) is 23.5 Å². The van der Waals surface area contributed by atoms with E-state index in [4.69, 9.17) is 17.3 Å². The summed E-state index contributed by atoms with van der Waals surface area (Å²) >= 11 is 5.91. The Hall–Kier alpha value is -0.750. The van der Waals surface area contributed by atoms with Gasteiger partial charge in [0.25, 0.3) is 0 Å². The maximum absolute atomic E-state index is 13.0. The minimum atomic E-state index is 0. The molecule has 1 amide bonds. The van der Waals surface area contributed by atoms with Gasteiger partial charge < -0.3 is 15.5 Å². The van der Waals surface area contributed by atoms with Crippen LogP contribution < -0.4 is 10.6 Å². The monoisotopic (exact) mass is 434 g/mol. The number of halogens is 3. The van der Waals surface area contributed by atoms with Crippen molar-refractivity contribution in [3.05, 3.63) is 23.4 Å². The third-order valence-corrected chi connectivity index (χ3v) is 6.61. The average Bonchev–Trinajstić information content (AvgIpc) is 2.62. The van der Waals surface area contributed by atoms with Gasteiger partial charge in [0.2, 0.25) is 5.91 Å². The van der Waals surface area contributed by atoms with Gasteiger partial charge in [-0.1, -0.05) is 18.0 Å². The highest BCUT2D eigenvalue weighted by molar-refractivity contribution is 6.30. The molecule has 3 aliphatic rings. The lowest BCUT2D eigenvalue weighted by Crippen LogP contribution is -2.53. The number of hydrogen-bond acceptors (Lipinski definition) is 4. The van der Waals surface area contributed by atoms with E-state index in [0.29, 0.717) is 28.8 Å². The van der Waals surface area contributed by atoms with E-state index < -0.39 is 0 Å². The molecule has 1 aromatic rings. The van der Waals surface area contributed by atoms with Crippen LogP contribution >= 0.6 is 36.4 Å². The van der Waals surface area contributed by atoms with Gasteiger partial charge in [0.05, 0.1) is 5.02 Å². The molecule has 2 saturated carbocycles. The summed E-state index contributed by atoms with van der Waals surface area (Å²) in [5.74, 6) is 2.60. The van der Waals surface area contributed by atoms with Gasteiger partial charge in [-0.2, -0.15) is 0 Å². The average molecular weight is 436 g/mol. The molecule has 4 rings (SSSR count). The Labute approximate surface area is 178 Å². The highest BCUT2D eigenvalue weighted by Crippen LogP contribution is 2.42. The van der Waals surface area contributed by atoms with Crippen LogP contribution in [0.2, 0.25) is 5.02 Å². The van der Waals surface area contributed by atoms with Crippen LogP contribution in [0.25, 0.3) is 0 Å². The minimum Gasteiger partial charge on any atom is -0.353 e. The number of fused-ring (bicyclic) bond motifs is 2. The van der Waals surface area contributed by atoms with Gasteiger partial charge in [-0.05, 0) is 49.7 Å². The van der Waals surface area contributed by atoms with E-state index in [1.165, 1.54) is 19.3 Å². The summed E-state index contributed by atoms with van der Waals surface area (Å²) in [4.78, 5) is 21.7. The Morgan fingerprint density at radius 1 is 1.07 bits per heavy atom. The topological polar surface area (TPSA) is 62.5 Å². The molecule has 1 saturated heterocycles. The second-order valence-corrected chi connectivity index (χ2v) is 8.28. The molecule has 2 atom stereocenters. The van der Waals surface area contributed by atoms with E-state index in [1.54, 1.807) is 6.20 Å². The molecule has 2 unspecified atom stereocenters. The van der Waals surface area contributed by atoms with Gasteiger partial charge in [-0.3, -0.25) is 4.79 Å². The van der Waals surface area contributed by atoms with Crippen molar-refractivity contribution >= 4 is 48.1 Å². The van der Waals surface area contributed by atoms with Gasteiger partial charge in [0.15, 0.2) is 0 Å². The number of aromatic nitrogens is 1. The molecular formula is C19H29Cl3N4O. The summed E-state index contributed by atoms with van der Waals surface area (Å²) in [6.45, 7) is 3.22. The molecule has 2 N–H and O–H groups in total. The van der Waals surface area contributed by atoms with Gasteiger partial charge in [0.1, 0.15) is 5.82 Å². The van der Waals surface area contributed by atoms with Crippen LogP contribution in [-0.2, 0) is 4.79 Å². The van der Waals surface area contributed by atoms with Crippen molar-refractivity contribution < 1.29 is 4.79 Å². The van der Waals surface area contributed by atoms with Crippen molar-refractivity contribution in [3.63, 3.8) is 0 Å². The summed E-state index contributed by atoms with van der Waals surface area (Å²) in [6, 6.07) is 4.14. The number of anilines is 1. The summed E-state index contributed by atoms with van der Waals surface area (Å²) < 4.78 is 0. The van der Waals surface area contributed by atoms with E-state index in [0.717, 1.165) is 44.8 Å². The number of carbonyl (C=O) groups excluding carboxylic acids is 1. The Kier molecular flexibility index (Phi) is 8.05. The van der Waals surface area contributed by atoms with Crippen molar-refractivity contribution in [2.75, 3.05) is 31.1 Å². The summed E-state index contributed by atoms with van der Waals surface area (Å²) in [6.07, 6.45) is 7.37. The second-order valence-electron chi connectivity index (χ2n) is 7.84. The number of amides is 1. The van der Waals surface area contributed by atoms with E-state index in [9.17, 15) is 4.79 Å². The van der Waals surface area contributed by atoms with Crippen molar-refractivity contribution in [2.45, 2.75) is 38.1 Å². The van der Waals surface area contributed by atoms with Crippen molar-refractivity contribution in [1.29, 1.82) is 0 Å². The van der Waals surface area contributed by atoms with Gasteiger partial charge >= 0.3 is 0 Å². The SMILES string of the molecule is Cl.Cl.NC1C2CCCC1CC(C(=O)N1CCN(c3ccc(Cl)cn3)CC1)C2. The molecule has 8 heteroatoms. The number of nitrogens with zero attached hydrogens (tertiary/aromatic N) is 3. The van der Waals surface area contributed by atoms with E-state index in [2.05, 4.69) is 14.8 Å². The fraction of sp³-hybridized carbons (Fsp3) is 0.684. The summed E-state index contributed by atoms with van der Waals surface area (Å²) in [5.41, 5.74) is 6.37. The predicted octanol–water partition coefficient (Wildman–Crippen LogP) is 3.38. The normalized spacial score (nSPS) is 30.1. The molecule has 152 valence electrons. The maximum atomic E-state index is 13.0. The zero-order chi connectivity index (χ0) is 17.4. The fourth-order valence-electron chi connectivity index (χ4n) is 4.96. The zero-order valence-electron chi connectivity index (χ0n) is 15.4. The summed E-state index contributed by atoms with van der Waals surface area (Å²) in [5, 5.41) is 0.651. The highest BCUT2D eigenvalue weighted by Gasteiger charge is 2.41. The van der Waals surface area contributed by atoms with E-state index >= 15 is 0 Å². The quantitative estimate of drug-likeness (QED) is 0.773. The number of hydrogen-bond donors (Lipinski definition) is 1. The largest absolute Gasteiger partial charge is 0.353 e. The first-order chi connectivity index (χ1) is 12.1. The fourth-order valence-corrected chi connectivity index (χ4v) is 5.07. The highest BCUT2D eigenvalue weighted by atomic mass is 35.5. The molecule has 2 heterocycles. The third-order valence-electron chi connectivity index (χ3n) is 6.39. The van der Waals surface area contributed by atoms with E-state index in [1.807, 2.05) is 12.1 Å². The number of piperazine rings is 1. The second kappa shape index (κ2) is 9.64. The maximum Gasteiger partial charge on any atom is 0.225 e. The molecule has 1 aromatic heterocycles. The predicted molar refractivity (Wildman–Crippen MR) is 114 cm³/mol. The lowest BCUT2D eigenvalue weighted by atomic mass is 9.65. The van der Waals surface area contributed by atoms with Crippen LogP contribution in [0.5, 0.6) is 0 Å². The first-order valence-electron chi connectivity index (χ1n) is 9.52. The molecular weight excluding hydrogens is 407 g/mol. The van der Waals surface area contributed by atoms with Crippen LogP contribution in [0, 0.1) is 17.8 Å². The Bertz CT molecular complexity index is 608.